The third-order valence-electron chi connectivity index (χ3n) is 2.98. The minimum atomic E-state index is -0.766. The highest BCUT2D eigenvalue weighted by Crippen LogP contribution is 2.29. The topological polar surface area (TPSA) is 105 Å². The van der Waals surface area contributed by atoms with Gasteiger partial charge in [-0.25, -0.2) is 0 Å². The predicted octanol–water partition coefficient (Wildman–Crippen LogP) is 0.763. The van der Waals surface area contributed by atoms with Crippen molar-refractivity contribution < 1.29 is 14.7 Å². The summed E-state index contributed by atoms with van der Waals surface area (Å²) < 4.78 is 3.54. The van der Waals surface area contributed by atoms with Crippen LogP contribution in [0.5, 0.6) is 0 Å². The van der Waals surface area contributed by atoms with E-state index in [-0.39, 0.29) is 17.7 Å². The van der Waals surface area contributed by atoms with Gasteiger partial charge in [-0.15, -0.1) is 0 Å². The van der Waals surface area contributed by atoms with Crippen molar-refractivity contribution in [2.24, 2.45) is 11.8 Å². The molecule has 0 aromatic carbocycles. The molecule has 0 spiro atoms. The fourth-order valence-corrected chi connectivity index (χ4v) is 2.36. The van der Waals surface area contributed by atoms with Crippen LogP contribution in [-0.2, 0) is 9.59 Å². The van der Waals surface area contributed by atoms with Crippen molar-refractivity contribution in [2.75, 3.05) is 5.32 Å². The van der Waals surface area contributed by atoms with Crippen LogP contribution in [0.4, 0.5) is 5.13 Å². The van der Waals surface area contributed by atoms with Crippen LogP contribution >= 0.6 is 11.5 Å². The van der Waals surface area contributed by atoms with Gasteiger partial charge >= 0.3 is 5.97 Å². The van der Waals surface area contributed by atoms with Crippen LogP contribution in [-0.4, -0.2) is 31.8 Å². The van der Waals surface area contributed by atoms with Gasteiger partial charge in [0.2, 0.25) is 11.0 Å². The van der Waals surface area contributed by atoms with Crippen molar-refractivity contribution in [1.29, 1.82) is 0 Å². The van der Waals surface area contributed by atoms with Crippen molar-refractivity contribution in [1.82, 2.24) is 14.8 Å². The van der Waals surface area contributed by atoms with Crippen LogP contribution in [0.25, 0.3) is 0 Å². The van der Waals surface area contributed by atoms with Crippen molar-refractivity contribution in [3.05, 3.63) is 0 Å². The molecule has 92 valence electrons. The summed E-state index contributed by atoms with van der Waals surface area (Å²) in [5.41, 5.74) is 0. The van der Waals surface area contributed by atoms with Gasteiger partial charge < -0.3 is 5.11 Å². The summed E-state index contributed by atoms with van der Waals surface area (Å²) in [5.74, 6) is -1.32. The molecule has 1 aliphatic rings. The monoisotopic (exact) mass is 256 g/mol. The Bertz CT molecular complexity index is 400. The lowest BCUT2D eigenvalue weighted by Crippen LogP contribution is -2.29. The molecule has 0 atom stereocenters. The van der Waals surface area contributed by atoms with Gasteiger partial charge in [-0.3, -0.25) is 14.9 Å². The number of amides is 1. The van der Waals surface area contributed by atoms with E-state index >= 15 is 0 Å². The van der Waals surface area contributed by atoms with Crippen LogP contribution in [0.2, 0.25) is 0 Å². The molecule has 2 rings (SSSR count). The Morgan fingerprint density at radius 2 is 1.88 bits per heavy atom. The SMILES string of the molecule is O=C(O)C1CCC(C(=O)Nc2nnns2)CC1. The predicted molar refractivity (Wildman–Crippen MR) is 59.4 cm³/mol. The van der Waals surface area contributed by atoms with Gasteiger partial charge in [0.1, 0.15) is 0 Å². The molecule has 1 aromatic heterocycles. The maximum Gasteiger partial charge on any atom is 0.306 e. The molecular formula is C9H12N4O3S. The first-order chi connectivity index (χ1) is 8.16. The Hall–Kier alpha value is -1.57. The number of rotatable bonds is 3. The summed E-state index contributed by atoms with van der Waals surface area (Å²) in [7, 11) is 0. The van der Waals surface area contributed by atoms with E-state index < -0.39 is 5.97 Å². The zero-order chi connectivity index (χ0) is 12.3. The zero-order valence-electron chi connectivity index (χ0n) is 9.00. The van der Waals surface area contributed by atoms with Gasteiger partial charge in [0.25, 0.3) is 0 Å². The molecule has 0 radical (unpaired) electrons. The number of hydrogen-bond acceptors (Lipinski definition) is 6. The maximum atomic E-state index is 11.8. The second kappa shape index (κ2) is 5.17. The average molecular weight is 256 g/mol. The van der Waals surface area contributed by atoms with E-state index in [1.807, 2.05) is 0 Å². The molecule has 0 saturated heterocycles. The van der Waals surface area contributed by atoms with Crippen molar-refractivity contribution in [3.8, 4) is 0 Å². The van der Waals surface area contributed by atoms with Crippen LogP contribution in [0.15, 0.2) is 0 Å². The Morgan fingerprint density at radius 1 is 1.24 bits per heavy atom. The van der Waals surface area contributed by atoms with E-state index in [0.29, 0.717) is 30.8 Å². The number of hydrogen-bond donors (Lipinski definition) is 2. The second-order valence-corrected chi connectivity index (χ2v) is 4.78. The third kappa shape index (κ3) is 2.96. The minimum absolute atomic E-state index is 0.118. The highest BCUT2D eigenvalue weighted by Gasteiger charge is 2.29. The zero-order valence-corrected chi connectivity index (χ0v) is 9.81. The molecule has 7 nitrogen and oxygen atoms in total. The maximum absolute atomic E-state index is 11.8. The molecule has 1 saturated carbocycles. The molecule has 1 amide bonds. The first kappa shape index (κ1) is 11.9. The Morgan fingerprint density at radius 3 is 2.41 bits per heavy atom. The molecule has 0 aliphatic heterocycles. The number of aliphatic carboxylic acids is 1. The lowest BCUT2D eigenvalue weighted by atomic mass is 9.81. The quantitative estimate of drug-likeness (QED) is 0.827. The number of anilines is 1. The number of carboxylic acids is 1. The Balaban J connectivity index is 1.84. The van der Waals surface area contributed by atoms with Crippen LogP contribution in [0.3, 0.4) is 0 Å². The van der Waals surface area contributed by atoms with E-state index in [2.05, 4.69) is 20.1 Å². The normalized spacial score (nSPS) is 24.2. The summed E-state index contributed by atoms with van der Waals surface area (Å²) >= 11 is 1.02. The molecule has 8 heteroatoms. The van der Waals surface area contributed by atoms with Gasteiger partial charge in [0, 0.05) is 17.5 Å². The summed E-state index contributed by atoms with van der Waals surface area (Å²) in [6.45, 7) is 0. The fourth-order valence-electron chi connectivity index (χ4n) is 1.99. The number of carbonyl (C=O) groups excluding carboxylic acids is 1. The minimum Gasteiger partial charge on any atom is -0.481 e. The van der Waals surface area contributed by atoms with E-state index in [4.69, 9.17) is 5.11 Å². The molecule has 0 unspecified atom stereocenters. The van der Waals surface area contributed by atoms with Crippen molar-refractivity contribution in [2.45, 2.75) is 25.7 Å². The first-order valence-electron chi connectivity index (χ1n) is 5.35. The highest BCUT2D eigenvalue weighted by molar-refractivity contribution is 7.09. The third-order valence-corrected chi connectivity index (χ3v) is 3.49. The van der Waals surface area contributed by atoms with Crippen LogP contribution in [0.1, 0.15) is 25.7 Å². The number of carboxylic acid groups (broad SMARTS) is 1. The Kier molecular flexibility index (Phi) is 3.62. The standard InChI is InChI=1S/C9H12N4O3S/c14-7(10-9-11-12-13-17-9)5-1-3-6(4-2-5)8(15)16/h5-6H,1-4H2,(H,15,16)(H,10,11,13,14). The van der Waals surface area contributed by atoms with Gasteiger partial charge in [-0.05, 0) is 30.9 Å². The molecule has 1 aromatic rings. The highest BCUT2D eigenvalue weighted by atomic mass is 32.1. The average Bonchev–Trinajstić information content (AvgIpc) is 2.82. The van der Waals surface area contributed by atoms with Crippen LogP contribution < -0.4 is 5.32 Å². The molecule has 1 aliphatic carbocycles. The number of nitrogens with one attached hydrogen (secondary N) is 1. The van der Waals surface area contributed by atoms with E-state index in [1.165, 1.54) is 0 Å². The van der Waals surface area contributed by atoms with E-state index in [1.54, 1.807) is 0 Å². The summed E-state index contributed by atoms with van der Waals surface area (Å²) in [4.78, 5) is 22.6. The first-order valence-corrected chi connectivity index (χ1v) is 6.13. The van der Waals surface area contributed by atoms with Crippen molar-refractivity contribution in [3.63, 3.8) is 0 Å². The number of carbonyl (C=O) groups is 2. The number of nitrogens with zero attached hydrogens (tertiary/aromatic N) is 3. The fraction of sp³-hybridized carbons (Fsp3) is 0.667. The second-order valence-electron chi connectivity index (χ2n) is 4.04. The van der Waals surface area contributed by atoms with Gasteiger partial charge in [-0.1, -0.05) is 9.59 Å². The van der Waals surface area contributed by atoms with Gasteiger partial charge in [-0.2, -0.15) is 0 Å². The lowest BCUT2D eigenvalue weighted by molar-refractivity contribution is -0.143. The largest absolute Gasteiger partial charge is 0.481 e. The summed E-state index contributed by atoms with van der Waals surface area (Å²) in [6, 6.07) is 0. The van der Waals surface area contributed by atoms with Crippen molar-refractivity contribution >= 4 is 28.5 Å². The molecular weight excluding hydrogens is 244 g/mol. The lowest BCUT2D eigenvalue weighted by Gasteiger charge is -2.24. The summed E-state index contributed by atoms with van der Waals surface area (Å²) in [5, 5.41) is 18.9. The molecule has 0 bridgehead atoms. The Labute approximate surface area is 101 Å². The van der Waals surface area contributed by atoms with E-state index in [9.17, 15) is 9.59 Å². The van der Waals surface area contributed by atoms with Gasteiger partial charge in [0.05, 0.1) is 5.92 Å². The molecule has 1 heterocycles. The van der Waals surface area contributed by atoms with E-state index in [0.717, 1.165) is 11.5 Å². The smallest absolute Gasteiger partial charge is 0.306 e. The van der Waals surface area contributed by atoms with Gasteiger partial charge in [0.15, 0.2) is 0 Å². The summed E-state index contributed by atoms with van der Waals surface area (Å²) in [6.07, 6.45) is 2.33. The molecule has 1 fully saturated rings. The number of aromatic nitrogens is 3. The molecule has 2 N–H and O–H groups in total. The van der Waals surface area contributed by atoms with Crippen LogP contribution in [0, 0.1) is 11.8 Å². The molecule has 17 heavy (non-hydrogen) atoms.